The summed E-state index contributed by atoms with van der Waals surface area (Å²) < 4.78 is 5.79. The molecule has 5 nitrogen and oxygen atoms in total. The van der Waals surface area contributed by atoms with Gasteiger partial charge in [0.25, 0.3) is 0 Å². The van der Waals surface area contributed by atoms with E-state index in [1.54, 1.807) is 0 Å². The Morgan fingerprint density at radius 1 is 1.30 bits per heavy atom. The van der Waals surface area contributed by atoms with Gasteiger partial charge in [0.1, 0.15) is 11.3 Å². The van der Waals surface area contributed by atoms with Gasteiger partial charge in [-0.3, -0.25) is 9.69 Å². The average molecular weight is 338 g/mol. The summed E-state index contributed by atoms with van der Waals surface area (Å²) in [4.78, 5) is 16.3. The maximum Gasteiger partial charge on any atom is 0.236 e. The van der Waals surface area contributed by atoms with Crippen LogP contribution in [0.2, 0.25) is 0 Å². The van der Waals surface area contributed by atoms with E-state index in [0.29, 0.717) is 6.54 Å². The number of carbonyl (C=O) groups excluding carboxylic acids is 1. The van der Waals surface area contributed by atoms with Crippen LogP contribution in [0.15, 0.2) is 28.7 Å². The molecule has 0 unspecified atom stereocenters. The molecule has 3 rings (SSSR count). The SMILES string of the molecule is Cc1oc2ccccc2c1CN(C)CC(=O)N1CCNCC1.Cl. The Hall–Kier alpha value is -1.56. The first-order valence-corrected chi connectivity index (χ1v) is 7.79. The van der Waals surface area contributed by atoms with E-state index in [4.69, 9.17) is 4.42 Å². The number of aryl methyl sites for hydroxylation is 1. The highest BCUT2D eigenvalue weighted by molar-refractivity contribution is 5.85. The van der Waals surface area contributed by atoms with E-state index in [9.17, 15) is 4.79 Å². The molecule has 0 atom stereocenters. The van der Waals surface area contributed by atoms with E-state index < -0.39 is 0 Å². The van der Waals surface area contributed by atoms with Gasteiger partial charge in [0.2, 0.25) is 5.91 Å². The van der Waals surface area contributed by atoms with Crippen molar-refractivity contribution in [3.63, 3.8) is 0 Å². The summed E-state index contributed by atoms with van der Waals surface area (Å²) in [5.74, 6) is 1.14. The third kappa shape index (κ3) is 4.05. The minimum absolute atomic E-state index is 0. The Balaban J connectivity index is 0.00000192. The van der Waals surface area contributed by atoms with Gasteiger partial charge in [-0.1, -0.05) is 18.2 Å². The summed E-state index contributed by atoms with van der Waals surface area (Å²) in [5.41, 5.74) is 2.09. The normalized spacial score (nSPS) is 15.0. The number of carbonyl (C=O) groups is 1. The van der Waals surface area contributed by atoms with Gasteiger partial charge in [-0.05, 0) is 20.0 Å². The van der Waals surface area contributed by atoms with Crippen molar-refractivity contribution in [3.05, 3.63) is 35.6 Å². The van der Waals surface area contributed by atoms with Crippen LogP contribution in [-0.2, 0) is 11.3 Å². The van der Waals surface area contributed by atoms with Crippen molar-refractivity contribution < 1.29 is 9.21 Å². The Bertz CT molecular complexity index is 665. The van der Waals surface area contributed by atoms with E-state index in [2.05, 4.69) is 16.3 Å². The molecule has 23 heavy (non-hydrogen) atoms. The number of fused-ring (bicyclic) bond motifs is 1. The number of piperazine rings is 1. The van der Waals surface area contributed by atoms with Crippen molar-refractivity contribution in [2.45, 2.75) is 13.5 Å². The lowest BCUT2D eigenvalue weighted by molar-refractivity contribution is -0.132. The molecule has 6 heteroatoms. The van der Waals surface area contributed by atoms with Gasteiger partial charge in [-0.25, -0.2) is 0 Å². The van der Waals surface area contributed by atoms with Crippen molar-refractivity contribution in [1.82, 2.24) is 15.1 Å². The van der Waals surface area contributed by atoms with Crippen molar-refractivity contribution in [2.75, 3.05) is 39.8 Å². The van der Waals surface area contributed by atoms with Crippen LogP contribution in [0.5, 0.6) is 0 Å². The van der Waals surface area contributed by atoms with Crippen molar-refractivity contribution in [2.24, 2.45) is 0 Å². The summed E-state index contributed by atoms with van der Waals surface area (Å²) in [7, 11) is 1.99. The molecule has 1 aromatic carbocycles. The Morgan fingerprint density at radius 3 is 2.74 bits per heavy atom. The van der Waals surface area contributed by atoms with E-state index in [1.165, 1.54) is 5.56 Å². The zero-order valence-corrected chi connectivity index (χ0v) is 14.5. The molecule has 2 aromatic rings. The number of halogens is 1. The summed E-state index contributed by atoms with van der Waals surface area (Å²) in [6.07, 6.45) is 0. The van der Waals surface area contributed by atoms with Gasteiger partial charge >= 0.3 is 0 Å². The van der Waals surface area contributed by atoms with Crippen LogP contribution in [0, 0.1) is 6.92 Å². The van der Waals surface area contributed by atoms with Gasteiger partial charge in [0.15, 0.2) is 0 Å². The largest absolute Gasteiger partial charge is 0.461 e. The Morgan fingerprint density at radius 2 is 2.00 bits per heavy atom. The van der Waals surface area contributed by atoms with Crippen LogP contribution >= 0.6 is 12.4 Å². The third-order valence-corrected chi connectivity index (χ3v) is 4.20. The topological polar surface area (TPSA) is 48.7 Å². The molecule has 1 aromatic heterocycles. The van der Waals surface area contributed by atoms with E-state index >= 15 is 0 Å². The van der Waals surface area contributed by atoms with Crippen LogP contribution in [0.1, 0.15) is 11.3 Å². The van der Waals surface area contributed by atoms with Crippen LogP contribution in [0.3, 0.4) is 0 Å². The maximum atomic E-state index is 12.3. The van der Waals surface area contributed by atoms with Crippen LogP contribution in [0.4, 0.5) is 0 Å². The fourth-order valence-electron chi connectivity index (χ4n) is 2.99. The van der Waals surface area contributed by atoms with Gasteiger partial charge in [-0.15, -0.1) is 12.4 Å². The molecule has 1 saturated heterocycles. The zero-order valence-electron chi connectivity index (χ0n) is 13.7. The zero-order chi connectivity index (χ0) is 15.5. The molecule has 0 saturated carbocycles. The first-order chi connectivity index (χ1) is 10.6. The number of hydrogen-bond acceptors (Lipinski definition) is 4. The molecule has 1 fully saturated rings. The predicted octanol–water partition coefficient (Wildman–Crippen LogP) is 2.03. The third-order valence-electron chi connectivity index (χ3n) is 4.20. The number of nitrogens with one attached hydrogen (secondary N) is 1. The number of amides is 1. The van der Waals surface area contributed by atoms with E-state index in [0.717, 1.165) is 49.5 Å². The lowest BCUT2D eigenvalue weighted by Crippen LogP contribution is -2.49. The Labute approximate surface area is 143 Å². The van der Waals surface area contributed by atoms with Crippen molar-refractivity contribution in [3.8, 4) is 0 Å². The molecular formula is C17H24ClN3O2. The van der Waals surface area contributed by atoms with Gasteiger partial charge in [0, 0.05) is 43.7 Å². The molecule has 1 N–H and O–H groups in total. The minimum Gasteiger partial charge on any atom is -0.461 e. The second-order valence-corrected chi connectivity index (χ2v) is 5.94. The molecule has 0 radical (unpaired) electrons. The standard InChI is InChI=1S/C17H23N3O2.ClH/c1-13-15(14-5-3-4-6-16(14)22-13)11-19(2)12-17(21)20-9-7-18-8-10-20;/h3-6,18H,7-12H2,1-2H3;1H. The molecule has 126 valence electrons. The number of benzene rings is 1. The lowest BCUT2D eigenvalue weighted by Gasteiger charge is -2.29. The fourth-order valence-corrected chi connectivity index (χ4v) is 2.99. The molecular weight excluding hydrogens is 314 g/mol. The molecule has 1 aliphatic heterocycles. The number of para-hydroxylation sites is 1. The second-order valence-electron chi connectivity index (χ2n) is 5.94. The molecule has 0 bridgehead atoms. The summed E-state index contributed by atoms with van der Waals surface area (Å²) >= 11 is 0. The molecule has 1 aliphatic rings. The van der Waals surface area contributed by atoms with Crippen LogP contribution in [0.25, 0.3) is 11.0 Å². The van der Waals surface area contributed by atoms with Crippen molar-refractivity contribution in [1.29, 1.82) is 0 Å². The molecule has 2 heterocycles. The van der Waals surface area contributed by atoms with E-state index in [1.807, 2.05) is 37.1 Å². The summed E-state index contributed by atoms with van der Waals surface area (Å²) in [6, 6.07) is 8.06. The number of rotatable bonds is 4. The molecule has 0 aliphatic carbocycles. The number of furan rings is 1. The number of hydrogen-bond donors (Lipinski definition) is 1. The Kier molecular flexibility index (Phi) is 6.04. The van der Waals surface area contributed by atoms with Crippen LogP contribution in [-0.4, -0.2) is 55.5 Å². The highest BCUT2D eigenvalue weighted by atomic mass is 35.5. The summed E-state index contributed by atoms with van der Waals surface area (Å²) in [5, 5.41) is 4.41. The first-order valence-electron chi connectivity index (χ1n) is 7.79. The second kappa shape index (κ2) is 7.81. The highest BCUT2D eigenvalue weighted by Gasteiger charge is 2.19. The predicted molar refractivity (Wildman–Crippen MR) is 94.0 cm³/mol. The summed E-state index contributed by atoms with van der Waals surface area (Å²) in [6.45, 7) is 6.55. The average Bonchev–Trinajstić information content (AvgIpc) is 2.84. The quantitative estimate of drug-likeness (QED) is 0.927. The van der Waals surface area contributed by atoms with Crippen molar-refractivity contribution >= 4 is 29.3 Å². The highest BCUT2D eigenvalue weighted by Crippen LogP contribution is 2.26. The van der Waals surface area contributed by atoms with Gasteiger partial charge in [-0.2, -0.15) is 0 Å². The number of likely N-dealkylation sites (N-methyl/N-ethyl adjacent to an activating group) is 1. The fraction of sp³-hybridized carbons (Fsp3) is 0.471. The lowest BCUT2D eigenvalue weighted by atomic mass is 10.1. The smallest absolute Gasteiger partial charge is 0.236 e. The first kappa shape index (κ1) is 17.8. The molecule has 0 spiro atoms. The molecule has 1 amide bonds. The van der Waals surface area contributed by atoms with Gasteiger partial charge in [0.05, 0.1) is 6.54 Å². The van der Waals surface area contributed by atoms with Crippen LogP contribution < -0.4 is 5.32 Å². The van der Waals surface area contributed by atoms with E-state index in [-0.39, 0.29) is 18.3 Å². The maximum absolute atomic E-state index is 12.3. The monoisotopic (exact) mass is 337 g/mol. The number of nitrogens with zero attached hydrogens (tertiary/aromatic N) is 2. The minimum atomic E-state index is 0. The van der Waals surface area contributed by atoms with Gasteiger partial charge < -0.3 is 14.6 Å².